The first-order valence-electron chi connectivity index (χ1n) is 14.3. The number of nitrogens with one attached hydrogen (secondary N) is 1. The lowest BCUT2D eigenvalue weighted by atomic mass is 9.83. The Morgan fingerprint density at radius 3 is 2.55 bits per heavy atom. The van der Waals surface area contributed by atoms with Gasteiger partial charge < -0.3 is 29.9 Å². The first-order chi connectivity index (χ1) is 19.4. The van der Waals surface area contributed by atoms with Crippen molar-refractivity contribution in [1.29, 1.82) is 0 Å². The first-order valence-corrected chi connectivity index (χ1v) is 15.2. The number of benzene rings is 1. The lowest BCUT2D eigenvalue weighted by Crippen LogP contribution is -2.55. The van der Waals surface area contributed by atoms with Crippen molar-refractivity contribution in [2.45, 2.75) is 56.4 Å². The predicted octanol–water partition coefficient (Wildman–Crippen LogP) is 1.78. The van der Waals surface area contributed by atoms with E-state index in [2.05, 4.69) is 22.2 Å². The summed E-state index contributed by atoms with van der Waals surface area (Å²) in [5.41, 5.74) is 2.28. The number of likely N-dealkylation sites (N-methyl/N-ethyl adjacent to an activating group) is 1. The van der Waals surface area contributed by atoms with Crippen molar-refractivity contribution in [3.05, 3.63) is 35.2 Å². The van der Waals surface area contributed by atoms with Crippen LogP contribution < -0.4 is 10.2 Å². The van der Waals surface area contributed by atoms with Gasteiger partial charge in [-0.3, -0.25) is 14.4 Å². The van der Waals surface area contributed by atoms with Gasteiger partial charge in [0.15, 0.2) is 10.9 Å². The Balaban J connectivity index is 1.16. The van der Waals surface area contributed by atoms with Crippen molar-refractivity contribution in [3.8, 4) is 11.3 Å². The summed E-state index contributed by atoms with van der Waals surface area (Å²) < 4.78 is 5.46. The number of carbonyl (C=O) groups excluding carboxylic acids is 3. The van der Waals surface area contributed by atoms with E-state index in [1.165, 1.54) is 4.90 Å². The summed E-state index contributed by atoms with van der Waals surface area (Å²) in [7, 11) is 2.13. The Morgan fingerprint density at radius 2 is 1.82 bits per heavy atom. The molecule has 40 heavy (non-hydrogen) atoms. The van der Waals surface area contributed by atoms with Gasteiger partial charge >= 0.3 is 0 Å². The lowest BCUT2D eigenvalue weighted by Gasteiger charge is -2.34. The number of thiazole rings is 1. The molecule has 2 N–H and O–H groups in total. The average molecular weight is 568 g/mol. The highest BCUT2D eigenvalue weighted by Gasteiger charge is 2.53. The van der Waals surface area contributed by atoms with Crippen LogP contribution in [-0.2, 0) is 14.3 Å². The summed E-state index contributed by atoms with van der Waals surface area (Å²) in [4.78, 5) is 50.6. The number of amides is 2. The number of carbonyl (C=O) groups is 3. The molecule has 0 spiro atoms. The van der Waals surface area contributed by atoms with Gasteiger partial charge in [0.25, 0.3) is 5.91 Å². The number of aliphatic hydroxyl groups excluding tert-OH is 1. The molecule has 4 heterocycles. The number of piperazine rings is 1. The number of Topliss-reactive ketones (excluding diaryl/α,β-unsaturated/α-hetero) is 1. The topological polar surface area (TPSA) is 115 Å². The van der Waals surface area contributed by atoms with Crippen LogP contribution in [0.2, 0.25) is 0 Å². The summed E-state index contributed by atoms with van der Waals surface area (Å²) in [5.74, 6) is -0.837. The van der Waals surface area contributed by atoms with E-state index in [1.54, 1.807) is 23.5 Å². The fourth-order valence-corrected chi connectivity index (χ4v) is 7.33. The van der Waals surface area contributed by atoms with Crippen LogP contribution in [-0.4, -0.2) is 108 Å². The SMILES string of the molecule is CN1CCN(c2nc(-c3ccc(C(=O)N[C@H](C(=O)N4C[C@H](O)[C@H]5OCC(=O)[C@H]54)C4CCCCC4)cc3)cs2)CC1. The van der Waals surface area contributed by atoms with Crippen LogP contribution in [0.5, 0.6) is 0 Å². The van der Waals surface area contributed by atoms with Gasteiger partial charge in [-0.05, 0) is 37.9 Å². The monoisotopic (exact) mass is 567 g/mol. The van der Waals surface area contributed by atoms with Gasteiger partial charge in [0.2, 0.25) is 5.91 Å². The quantitative estimate of drug-likeness (QED) is 0.543. The second-order valence-corrected chi connectivity index (χ2v) is 12.3. The number of nitrogens with zero attached hydrogens (tertiary/aromatic N) is 4. The average Bonchev–Trinajstić information content (AvgIpc) is 3.70. The third kappa shape index (κ3) is 5.39. The maximum Gasteiger partial charge on any atom is 0.251 e. The Bertz CT molecular complexity index is 1240. The number of fused-ring (bicyclic) bond motifs is 1. The Hall–Kier alpha value is -2.86. The van der Waals surface area contributed by atoms with Gasteiger partial charge in [-0.2, -0.15) is 0 Å². The zero-order valence-corrected chi connectivity index (χ0v) is 23.6. The number of rotatable bonds is 6. The van der Waals surface area contributed by atoms with E-state index >= 15 is 0 Å². The molecule has 1 aromatic carbocycles. The number of aliphatic hydroxyl groups is 1. The molecule has 4 atom stereocenters. The maximum absolute atomic E-state index is 13.8. The molecule has 1 saturated carbocycles. The van der Waals surface area contributed by atoms with E-state index in [4.69, 9.17) is 9.72 Å². The van der Waals surface area contributed by atoms with E-state index in [1.807, 2.05) is 17.5 Å². The molecule has 3 aliphatic heterocycles. The molecule has 4 aliphatic rings. The van der Waals surface area contributed by atoms with Gasteiger partial charge in [-0.1, -0.05) is 31.4 Å². The number of likely N-dealkylation sites (tertiary alicyclic amines) is 1. The second kappa shape index (κ2) is 11.6. The largest absolute Gasteiger partial charge is 0.388 e. The van der Waals surface area contributed by atoms with E-state index in [0.717, 1.165) is 74.7 Å². The van der Waals surface area contributed by atoms with Gasteiger partial charge in [0.05, 0.1) is 12.2 Å². The van der Waals surface area contributed by atoms with Crippen molar-refractivity contribution in [2.75, 3.05) is 51.3 Å². The standard InChI is InChI=1S/C29H37N5O5S/c1-32-11-13-33(14-12-32)29-30-21(17-40-29)18-7-9-20(10-8-18)27(37)31-24(19-5-3-2-4-6-19)28(38)34-15-22(35)26-25(34)23(36)16-39-26/h7-10,17,19,22,24-26,35H,2-6,11-16H2,1H3,(H,31,37)/t22-,24-,25+,26+/m0/s1. The van der Waals surface area contributed by atoms with Crippen molar-refractivity contribution >= 4 is 34.1 Å². The third-order valence-electron chi connectivity index (χ3n) is 8.82. The molecule has 10 nitrogen and oxygen atoms in total. The number of hydrogen-bond acceptors (Lipinski definition) is 9. The van der Waals surface area contributed by atoms with E-state index in [0.29, 0.717) is 5.56 Å². The van der Waals surface area contributed by atoms with Crippen LogP contribution >= 0.6 is 11.3 Å². The summed E-state index contributed by atoms with van der Waals surface area (Å²) in [6.07, 6.45) is 3.19. The molecule has 3 saturated heterocycles. The van der Waals surface area contributed by atoms with E-state index in [-0.39, 0.29) is 36.7 Å². The lowest BCUT2D eigenvalue weighted by molar-refractivity contribution is -0.139. The van der Waals surface area contributed by atoms with Crippen molar-refractivity contribution in [3.63, 3.8) is 0 Å². The summed E-state index contributed by atoms with van der Waals surface area (Å²) in [5, 5.41) is 16.5. The Morgan fingerprint density at radius 1 is 1.10 bits per heavy atom. The fourth-order valence-electron chi connectivity index (χ4n) is 6.44. The molecule has 214 valence electrons. The van der Waals surface area contributed by atoms with Gasteiger partial charge in [-0.25, -0.2) is 4.98 Å². The maximum atomic E-state index is 13.8. The van der Waals surface area contributed by atoms with Crippen LogP contribution in [0.25, 0.3) is 11.3 Å². The number of hydrogen-bond donors (Lipinski definition) is 2. The number of ether oxygens (including phenoxy) is 1. The number of anilines is 1. The second-order valence-electron chi connectivity index (χ2n) is 11.5. The minimum absolute atomic E-state index is 0.0129. The first kappa shape index (κ1) is 27.3. The smallest absolute Gasteiger partial charge is 0.251 e. The molecule has 0 unspecified atom stereocenters. The zero-order valence-electron chi connectivity index (χ0n) is 22.8. The molecular formula is C29H37N5O5S. The number of β-amino-alcohol motifs (C(OH)–C–C–N with tert-alkyl or cyclic N) is 1. The van der Waals surface area contributed by atoms with Crippen LogP contribution in [0, 0.1) is 5.92 Å². The van der Waals surface area contributed by atoms with Gasteiger partial charge in [0, 0.05) is 42.7 Å². The van der Waals surface area contributed by atoms with Crippen LogP contribution in [0.15, 0.2) is 29.6 Å². The summed E-state index contributed by atoms with van der Waals surface area (Å²) in [6.45, 7) is 3.90. The molecule has 2 amide bonds. The van der Waals surface area contributed by atoms with Gasteiger partial charge in [-0.15, -0.1) is 11.3 Å². The summed E-state index contributed by atoms with van der Waals surface area (Å²) in [6, 6.07) is 5.80. The molecule has 6 rings (SSSR count). The van der Waals surface area contributed by atoms with E-state index < -0.39 is 24.3 Å². The van der Waals surface area contributed by atoms with Crippen LogP contribution in [0.1, 0.15) is 42.5 Å². The molecule has 11 heteroatoms. The Labute approximate surface area is 238 Å². The molecule has 0 radical (unpaired) electrons. The fraction of sp³-hybridized carbons (Fsp3) is 0.586. The highest BCUT2D eigenvalue weighted by atomic mass is 32.1. The minimum atomic E-state index is -0.905. The molecule has 2 aromatic rings. The van der Waals surface area contributed by atoms with Crippen LogP contribution in [0.4, 0.5) is 5.13 Å². The molecule has 4 fully saturated rings. The van der Waals surface area contributed by atoms with Crippen molar-refractivity contribution in [2.24, 2.45) is 5.92 Å². The number of aromatic nitrogens is 1. The zero-order chi connectivity index (χ0) is 27.8. The normalized spacial score (nSPS) is 26.6. The third-order valence-corrected chi connectivity index (χ3v) is 9.72. The van der Waals surface area contributed by atoms with Crippen molar-refractivity contribution in [1.82, 2.24) is 20.1 Å². The van der Waals surface area contributed by atoms with Crippen LogP contribution in [0.3, 0.4) is 0 Å². The molecule has 0 bridgehead atoms. The van der Waals surface area contributed by atoms with Crippen molar-refractivity contribution < 1.29 is 24.2 Å². The molecule has 1 aliphatic carbocycles. The Kier molecular flexibility index (Phi) is 7.89. The number of ketones is 1. The minimum Gasteiger partial charge on any atom is -0.388 e. The summed E-state index contributed by atoms with van der Waals surface area (Å²) >= 11 is 1.63. The van der Waals surface area contributed by atoms with Gasteiger partial charge in [0.1, 0.15) is 30.9 Å². The highest BCUT2D eigenvalue weighted by Crippen LogP contribution is 2.33. The van der Waals surface area contributed by atoms with E-state index in [9.17, 15) is 19.5 Å². The molecular weight excluding hydrogens is 530 g/mol. The molecule has 1 aromatic heterocycles. The highest BCUT2D eigenvalue weighted by molar-refractivity contribution is 7.14. The predicted molar refractivity (Wildman–Crippen MR) is 151 cm³/mol.